The van der Waals surface area contributed by atoms with Crippen LogP contribution in [0.2, 0.25) is 10.0 Å². The van der Waals surface area contributed by atoms with Gasteiger partial charge in [0, 0.05) is 15.1 Å². The summed E-state index contributed by atoms with van der Waals surface area (Å²) in [6.07, 6.45) is 1.62. The van der Waals surface area contributed by atoms with Crippen molar-refractivity contribution in [2.75, 3.05) is 12.0 Å². The van der Waals surface area contributed by atoms with E-state index in [0.717, 1.165) is 4.47 Å². The molecule has 4 nitrogen and oxygen atoms in total. The van der Waals surface area contributed by atoms with Gasteiger partial charge in [-0.2, -0.15) is 0 Å². The molecule has 1 aliphatic rings. The van der Waals surface area contributed by atoms with Crippen molar-refractivity contribution in [3.05, 3.63) is 62.2 Å². The molecule has 3 rings (SSSR count). The molecule has 0 bridgehead atoms. The van der Waals surface area contributed by atoms with Crippen LogP contribution < -0.4 is 15.0 Å². The van der Waals surface area contributed by atoms with Gasteiger partial charge in [-0.05, 0) is 54.7 Å². The molecule has 0 aromatic heterocycles. The Kier molecular flexibility index (Phi) is 5.34. The molecule has 1 aliphatic heterocycles. The summed E-state index contributed by atoms with van der Waals surface area (Å²) in [5, 5.41) is 4.02. The minimum absolute atomic E-state index is 0.273. The summed E-state index contributed by atoms with van der Waals surface area (Å²) in [6.45, 7) is 0. The van der Waals surface area contributed by atoms with E-state index in [1.165, 1.54) is 12.0 Å². The lowest BCUT2D eigenvalue weighted by Gasteiger charge is -2.13. The molecule has 128 valence electrons. The molecule has 2 aromatic rings. The fourth-order valence-corrected chi connectivity index (χ4v) is 3.57. The highest BCUT2D eigenvalue weighted by Gasteiger charge is 2.32. The van der Waals surface area contributed by atoms with E-state index in [-0.39, 0.29) is 5.91 Å². The van der Waals surface area contributed by atoms with Crippen molar-refractivity contribution in [2.24, 2.45) is 0 Å². The third-order valence-electron chi connectivity index (χ3n) is 3.50. The largest absolute Gasteiger partial charge is 0.495 e. The number of benzene rings is 2. The van der Waals surface area contributed by atoms with Crippen LogP contribution >= 0.6 is 51.3 Å². The Morgan fingerprint density at radius 1 is 1.24 bits per heavy atom. The van der Waals surface area contributed by atoms with Gasteiger partial charge in [-0.3, -0.25) is 9.69 Å². The topological polar surface area (TPSA) is 41.6 Å². The molecule has 1 heterocycles. The monoisotopic (exact) mass is 456 g/mol. The fraction of sp³-hybridized carbons (Fsp3) is 0.0588. The number of ether oxygens (including phenoxy) is 1. The first-order valence-electron chi connectivity index (χ1n) is 7.06. The van der Waals surface area contributed by atoms with Crippen LogP contribution in [-0.2, 0) is 4.79 Å². The van der Waals surface area contributed by atoms with Crippen LogP contribution in [0.3, 0.4) is 0 Å². The van der Waals surface area contributed by atoms with Crippen molar-refractivity contribution < 1.29 is 9.53 Å². The summed E-state index contributed by atoms with van der Waals surface area (Å²) in [6, 6.07) is 10.5. The number of hydrogen-bond acceptors (Lipinski definition) is 3. The Morgan fingerprint density at radius 3 is 2.56 bits per heavy atom. The normalized spacial score (nSPS) is 15.7. The van der Waals surface area contributed by atoms with Gasteiger partial charge in [-0.15, -0.1) is 0 Å². The van der Waals surface area contributed by atoms with Crippen LogP contribution in [0.5, 0.6) is 5.75 Å². The standard InChI is InChI=1S/C17H11BrCl2N2O2S/c1-24-15-9(6-11(19)8-13(15)20)7-14-16(23)22(17(25)21-14)12-4-2-10(18)3-5-12/h2-8H,1H3,(H,21,25)/b14-7-. The number of amides is 1. The zero-order valence-electron chi connectivity index (χ0n) is 12.8. The Labute approximate surface area is 168 Å². The van der Waals surface area contributed by atoms with E-state index in [9.17, 15) is 4.79 Å². The van der Waals surface area contributed by atoms with Crippen LogP contribution in [0.15, 0.2) is 46.6 Å². The van der Waals surface area contributed by atoms with Crippen molar-refractivity contribution in [3.8, 4) is 5.75 Å². The van der Waals surface area contributed by atoms with Gasteiger partial charge in [0.25, 0.3) is 5.91 Å². The minimum Gasteiger partial charge on any atom is -0.495 e. The SMILES string of the molecule is COc1c(Cl)cc(Cl)cc1/C=C1\NC(=S)N(c2ccc(Br)cc2)C1=O. The molecule has 1 fully saturated rings. The molecule has 0 radical (unpaired) electrons. The van der Waals surface area contributed by atoms with E-state index in [1.807, 2.05) is 12.1 Å². The number of hydrogen-bond donors (Lipinski definition) is 1. The predicted molar refractivity (Wildman–Crippen MR) is 108 cm³/mol. The molecule has 0 unspecified atom stereocenters. The smallest absolute Gasteiger partial charge is 0.281 e. The number of halogens is 3. The molecule has 8 heteroatoms. The first kappa shape index (κ1) is 18.2. The Hall–Kier alpha value is -1.60. The maximum atomic E-state index is 12.8. The molecular formula is C17H11BrCl2N2O2S. The number of carbonyl (C=O) groups excluding carboxylic acids is 1. The number of nitrogens with zero attached hydrogens (tertiary/aromatic N) is 1. The summed E-state index contributed by atoms with van der Waals surface area (Å²) in [7, 11) is 1.50. The molecule has 0 spiro atoms. The quantitative estimate of drug-likeness (QED) is 0.518. The first-order valence-corrected chi connectivity index (χ1v) is 9.02. The van der Waals surface area contributed by atoms with Crippen molar-refractivity contribution in [2.45, 2.75) is 0 Å². The highest BCUT2D eigenvalue weighted by atomic mass is 79.9. The van der Waals surface area contributed by atoms with Gasteiger partial charge in [0.05, 0.1) is 17.8 Å². The zero-order valence-corrected chi connectivity index (χ0v) is 16.8. The zero-order chi connectivity index (χ0) is 18.1. The number of carbonyl (C=O) groups is 1. The number of rotatable bonds is 3. The molecule has 2 aromatic carbocycles. The second-order valence-corrected chi connectivity index (χ2v) is 7.26. The summed E-state index contributed by atoms with van der Waals surface area (Å²) in [4.78, 5) is 14.2. The fourth-order valence-electron chi connectivity index (χ4n) is 2.42. The second kappa shape index (κ2) is 7.33. The van der Waals surface area contributed by atoms with Gasteiger partial charge in [-0.1, -0.05) is 39.1 Å². The average molecular weight is 458 g/mol. The van der Waals surface area contributed by atoms with Crippen molar-refractivity contribution in [3.63, 3.8) is 0 Å². The van der Waals surface area contributed by atoms with E-state index < -0.39 is 0 Å². The average Bonchev–Trinajstić information content (AvgIpc) is 2.82. The number of anilines is 1. The third-order valence-corrected chi connectivity index (χ3v) is 4.82. The third kappa shape index (κ3) is 3.67. The van der Waals surface area contributed by atoms with Crippen LogP contribution in [0.25, 0.3) is 6.08 Å². The summed E-state index contributed by atoms with van der Waals surface area (Å²) in [5.74, 6) is 0.159. The van der Waals surface area contributed by atoms with Gasteiger partial charge in [-0.25, -0.2) is 0 Å². The summed E-state index contributed by atoms with van der Waals surface area (Å²) in [5.41, 5.74) is 1.56. The molecule has 1 N–H and O–H groups in total. The Morgan fingerprint density at radius 2 is 1.92 bits per heavy atom. The first-order chi connectivity index (χ1) is 11.9. The predicted octanol–water partition coefficient (Wildman–Crippen LogP) is 5.03. The number of methoxy groups -OCH3 is 1. The molecule has 0 saturated carbocycles. The Bertz CT molecular complexity index is 900. The number of nitrogens with one attached hydrogen (secondary N) is 1. The van der Waals surface area contributed by atoms with Gasteiger partial charge < -0.3 is 10.1 Å². The van der Waals surface area contributed by atoms with Crippen molar-refractivity contribution >= 4 is 74.1 Å². The van der Waals surface area contributed by atoms with Gasteiger partial charge in [0.1, 0.15) is 11.4 Å². The lowest BCUT2D eigenvalue weighted by atomic mass is 10.1. The van der Waals surface area contributed by atoms with Crippen LogP contribution in [-0.4, -0.2) is 18.1 Å². The van der Waals surface area contributed by atoms with Gasteiger partial charge >= 0.3 is 0 Å². The minimum atomic E-state index is -0.273. The molecule has 0 atom stereocenters. The van der Waals surface area contributed by atoms with E-state index in [2.05, 4.69) is 21.2 Å². The lowest BCUT2D eigenvalue weighted by molar-refractivity contribution is -0.113. The molecule has 25 heavy (non-hydrogen) atoms. The van der Waals surface area contributed by atoms with Gasteiger partial charge in [0.2, 0.25) is 0 Å². The second-order valence-electron chi connectivity index (χ2n) is 5.12. The van der Waals surface area contributed by atoms with E-state index in [1.54, 1.807) is 30.3 Å². The van der Waals surface area contributed by atoms with E-state index in [0.29, 0.717) is 37.9 Å². The maximum absolute atomic E-state index is 12.8. The highest BCUT2D eigenvalue weighted by Crippen LogP contribution is 2.34. The summed E-state index contributed by atoms with van der Waals surface area (Å²) < 4.78 is 6.22. The van der Waals surface area contributed by atoms with Crippen LogP contribution in [0.4, 0.5) is 5.69 Å². The van der Waals surface area contributed by atoms with Crippen molar-refractivity contribution in [1.29, 1.82) is 0 Å². The Balaban J connectivity index is 2.00. The molecule has 1 saturated heterocycles. The van der Waals surface area contributed by atoms with Crippen LogP contribution in [0, 0.1) is 0 Å². The van der Waals surface area contributed by atoms with Gasteiger partial charge in [0.15, 0.2) is 5.11 Å². The molecule has 1 amide bonds. The van der Waals surface area contributed by atoms with Crippen LogP contribution in [0.1, 0.15) is 5.56 Å². The number of thiocarbonyl (C=S) groups is 1. The molecule has 0 aliphatic carbocycles. The van der Waals surface area contributed by atoms with E-state index in [4.69, 9.17) is 40.2 Å². The molecular weight excluding hydrogens is 447 g/mol. The maximum Gasteiger partial charge on any atom is 0.281 e. The summed E-state index contributed by atoms with van der Waals surface area (Å²) >= 11 is 20.9. The van der Waals surface area contributed by atoms with E-state index >= 15 is 0 Å². The highest BCUT2D eigenvalue weighted by molar-refractivity contribution is 9.10. The van der Waals surface area contributed by atoms with Crippen molar-refractivity contribution in [1.82, 2.24) is 5.32 Å². The lowest BCUT2D eigenvalue weighted by Crippen LogP contribution is -2.30.